The van der Waals surface area contributed by atoms with E-state index < -0.39 is 0 Å². The van der Waals surface area contributed by atoms with Crippen molar-refractivity contribution in [3.05, 3.63) is 28.8 Å². The number of benzene rings is 1. The molecule has 0 spiro atoms. The van der Waals surface area contributed by atoms with E-state index >= 15 is 0 Å². The van der Waals surface area contributed by atoms with E-state index in [4.69, 9.17) is 22.1 Å². The molecule has 21 heavy (non-hydrogen) atoms. The van der Waals surface area contributed by atoms with Crippen molar-refractivity contribution >= 4 is 17.6 Å². The third-order valence-corrected chi connectivity index (χ3v) is 4.15. The van der Waals surface area contributed by atoms with E-state index in [9.17, 15) is 0 Å². The van der Waals surface area contributed by atoms with Crippen LogP contribution >= 0.6 is 11.6 Å². The van der Waals surface area contributed by atoms with Crippen LogP contribution in [0.25, 0.3) is 0 Å². The van der Waals surface area contributed by atoms with Gasteiger partial charge in [0.2, 0.25) is 0 Å². The molecule has 0 aliphatic heterocycles. The first-order valence-corrected chi connectivity index (χ1v) is 7.95. The number of ether oxygens (including phenoxy) is 1. The van der Waals surface area contributed by atoms with Gasteiger partial charge in [-0.15, -0.1) is 0 Å². The van der Waals surface area contributed by atoms with Gasteiger partial charge in [-0.25, -0.2) is 4.99 Å². The highest BCUT2D eigenvalue weighted by Gasteiger charge is 2.12. The van der Waals surface area contributed by atoms with Gasteiger partial charge in [-0.05, 0) is 30.5 Å². The van der Waals surface area contributed by atoms with Crippen LogP contribution in [0.1, 0.15) is 44.1 Å². The highest BCUT2D eigenvalue weighted by atomic mass is 35.5. The predicted molar refractivity (Wildman–Crippen MR) is 88.0 cm³/mol. The molecule has 2 rings (SSSR count). The average molecular weight is 310 g/mol. The highest BCUT2D eigenvalue weighted by molar-refractivity contribution is 6.32. The zero-order chi connectivity index (χ0) is 15.1. The van der Waals surface area contributed by atoms with E-state index in [0.29, 0.717) is 29.3 Å². The summed E-state index contributed by atoms with van der Waals surface area (Å²) in [6, 6.07) is 6.13. The molecule has 116 valence electrons. The Balaban J connectivity index is 1.88. The van der Waals surface area contributed by atoms with Crippen molar-refractivity contribution in [3.8, 4) is 5.75 Å². The molecule has 1 aromatic rings. The van der Waals surface area contributed by atoms with Crippen LogP contribution in [0.3, 0.4) is 0 Å². The summed E-state index contributed by atoms with van der Waals surface area (Å²) >= 11 is 6.10. The number of nitrogens with two attached hydrogens (primary N) is 1. The number of methoxy groups -OCH3 is 1. The van der Waals surface area contributed by atoms with Crippen molar-refractivity contribution in [2.75, 3.05) is 7.11 Å². The molecule has 1 aliphatic rings. The van der Waals surface area contributed by atoms with Gasteiger partial charge in [-0.2, -0.15) is 0 Å². The van der Waals surface area contributed by atoms with Crippen LogP contribution in [0.5, 0.6) is 5.75 Å². The molecule has 0 saturated heterocycles. The van der Waals surface area contributed by atoms with Crippen molar-refractivity contribution in [1.29, 1.82) is 0 Å². The summed E-state index contributed by atoms with van der Waals surface area (Å²) in [6.45, 7) is 0.523. The standard InChI is InChI=1S/C16H24ClN3O/c1-21-15-9-8-12(10-14(15)17)11-19-16(18)20-13-6-4-2-3-5-7-13/h8-10,13H,2-7,11H2,1H3,(H3,18,19,20). The molecule has 0 unspecified atom stereocenters. The van der Waals surface area contributed by atoms with E-state index in [1.165, 1.54) is 38.5 Å². The number of aliphatic imine (C=N–C) groups is 1. The lowest BCUT2D eigenvalue weighted by atomic mass is 10.1. The Labute approximate surface area is 131 Å². The van der Waals surface area contributed by atoms with Crippen LogP contribution in [0.4, 0.5) is 0 Å². The fourth-order valence-corrected chi connectivity index (χ4v) is 2.94. The minimum absolute atomic E-state index is 0.468. The normalized spacial score (nSPS) is 17.3. The monoisotopic (exact) mass is 309 g/mol. The lowest BCUT2D eigenvalue weighted by Gasteiger charge is -2.16. The molecule has 1 saturated carbocycles. The number of nitrogens with zero attached hydrogens (tertiary/aromatic N) is 1. The largest absolute Gasteiger partial charge is 0.495 e. The Morgan fingerprint density at radius 1 is 1.33 bits per heavy atom. The molecule has 0 atom stereocenters. The topological polar surface area (TPSA) is 59.6 Å². The van der Waals surface area contributed by atoms with Crippen molar-refractivity contribution < 1.29 is 4.74 Å². The van der Waals surface area contributed by atoms with Gasteiger partial charge in [0.1, 0.15) is 5.75 Å². The van der Waals surface area contributed by atoms with E-state index in [2.05, 4.69) is 10.3 Å². The van der Waals surface area contributed by atoms with Gasteiger partial charge in [0.05, 0.1) is 18.7 Å². The molecule has 4 nitrogen and oxygen atoms in total. The van der Waals surface area contributed by atoms with Gasteiger partial charge in [-0.1, -0.05) is 43.4 Å². The molecule has 5 heteroatoms. The zero-order valence-corrected chi connectivity index (χ0v) is 13.3. The maximum Gasteiger partial charge on any atom is 0.189 e. The summed E-state index contributed by atoms with van der Waals surface area (Å²) in [5.74, 6) is 1.20. The maximum atomic E-state index is 6.10. The quantitative estimate of drug-likeness (QED) is 0.508. The van der Waals surface area contributed by atoms with Crippen LogP contribution < -0.4 is 15.8 Å². The Morgan fingerprint density at radius 2 is 2.05 bits per heavy atom. The first-order valence-electron chi connectivity index (χ1n) is 7.58. The number of nitrogens with one attached hydrogen (secondary N) is 1. The molecule has 0 radical (unpaired) electrons. The summed E-state index contributed by atoms with van der Waals surface area (Å²) in [5, 5.41) is 3.93. The number of rotatable bonds is 4. The number of hydrogen-bond donors (Lipinski definition) is 2. The lowest BCUT2D eigenvalue weighted by Crippen LogP contribution is -2.39. The molecule has 0 heterocycles. The molecule has 1 aromatic carbocycles. The van der Waals surface area contributed by atoms with Crippen LogP contribution in [-0.4, -0.2) is 19.1 Å². The fraction of sp³-hybridized carbons (Fsp3) is 0.562. The summed E-state index contributed by atoms with van der Waals surface area (Å²) in [5.41, 5.74) is 7.00. The maximum absolute atomic E-state index is 6.10. The molecule has 0 aromatic heterocycles. The van der Waals surface area contributed by atoms with Gasteiger partial charge in [0.25, 0.3) is 0 Å². The molecule has 1 fully saturated rings. The van der Waals surface area contributed by atoms with Crippen molar-refractivity contribution in [3.63, 3.8) is 0 Å². The third-order valence-electron chi connectivity index (χ3n) is 3.86. The van der Waals surface area contributed by atoms with Crippen LogP contribution in [0.2, 0.25) is 5.02 Å². The van der Waals surface area contributed by atoms with Crippen LogP contribution in [0, 0.1) is 0 Å². The average Bonchev–Trinajstić information content (AvgIpc) is 2.74. The highest BCUT2D eigenvalue weighted by Crippen LogP contribution is 2.25. The van der Waals surface area contributed by atoms with Gasteiger partial charge in [0.15, 0.2) is 5.96 Å². The van der Waals surface area contributed by atoms with E-state index in [-0.39, 0.29) is 0 Å². The molecule has 0 bridgehead atoms. The third kappa shape index (κ3) is 5.12. The summed E-state index contributed by atoms with van der Waals surface area (Å²) in [7, 11) is 1.60. The molecule has 3 N–H and O–H groups in total. The fourth-order valence-electron chi connectivity index (χ4n) is 2.66. The number of hydrogen-bond acceptors (Lipinski definition) is 2. The molecule has 1 aliphatic carbocycles. The SMILES string of the molecule is COc1ccc(CN=C(N)NC2CCCCCC2)cc1Cl. The zero-order valence-electron chi connectivity index (χ0n) is 12.6. The van der Waals surface area contributed by atoms with Gasteiger partial charge >= 0.3 is 0 Å². The van der Waals surface area contributed by atoms with Gasteiger partial charge in [0, 0.05) is 6.04 Å². The summed E-state index contributed by atoms with van der Waals surface area (Å²) < 4.78 is 5.13. The first kappa shape index (κ1) is 16.0. The predicted octanol–water partition coefficient (Wildman–Crippen LogP) is 3.48. The van der Waals surface area contributed by atoms with Crippen molar-refractivity contribution in [1.82, 2.24) is 5.32 Å². The smallest absolute Gasteiger partial charge is 0.189 e. The number of guanidine groups is 1. The van der Waals surface area contributed by atoms with E-state index in [1.807, 2.05) is 18.2 Å². The Morgan fingerprint density at radius 3 is 2.67 bits per heavy atom. The van der Waals surface area contributed by atoms with Gasteiger partial charge in [-0.3, -0.25) is 0 Å². The second-order valence-corrected chi connectivity index (χ2v) is 5.91. The van der Waals surface area contributed by atoms with Gasteiger partial charge < -0.3 is 15.8 Å². The molecular formula is C16H24ClN3O. The Hall–Kier alpha value is -1.42. The molecular weight excluding hydrogens is 286 g/mol. The minimum atomic E-state index is 0.468. The summed E-state index contributed by atoms with van der Waals surface area (Å²) in [4.78, 5) is 4.40. The van der Waals surface area contributed by atoms with E-state index in [0.717, 1.165) is 5.56 Å². The van der Waals surface area contributed by atoms with Crippen molar-refractivity contribution in [2.45, 2.75) is 51.1 Å². The van der Waals surface area contributed by atoms with Crippen molar-refractivity contribution in [2.24, 2.45) is 10.7 Å². The Kier molecular flexibility index (Phi) is 6.18. The Bertz CT molecular complexity index is 482. The summed E-state index contributed by atoms with van der Waals surface area (Å²) in [6.07, 6.45) is 7.59. The van der Waals surface area contributed by atoms with E-state index in [1.54, 1.807) is 7.11 Å². The first-order chi connectivity index (χ1) is 10.2. The number of halogens is 1. The lowest BCUT2D eigenvalue weighted by molar-refractivity contribution is 0.415. The van der Waals surface area contributed by atoms with Crippen LogP contribution in [0.15, 0.2) is 23.2 Å². The second-order valence-electron chi connectivity index (χ2n) is 5.50. The minimum Gasteiger partial charge on any atom is -0.495 e. The molecule has 0 amide bonds. The van der Waals surface area contributed by atoms with Crippen LogP contribution in [-0.2, 0) is 6.54 Å². The second kappa shape index (κ2) is 8.13.